The van der Waals surface area contributed by atoms with Gasteiger partial charge in [0.05, 0.1) is 4.88 Å². The predicted octanol–water partition coefficient (Wildman–Crippen LogP) is 3.78. The van der Waals surface area contributed by atoms with Gasteiger partial charge in [-0.2, -0.15) is 0 Å². The molecule has 4 nitrogen and oxygen atoms in total. The fraction of sp³-hybridized carbons (Fsp3) is 0.700. The number of carbonyl (C=O) groups is 2. The zero-order valence-corrected chi connectivity index (χ0v) is 16.3. The summed E-state index contributed by atoms with van der Waals surface area (Å²) < 4.78 is 0. The summed E-state index contributed by atoms with van der Waals surface area (Å²) in [5, 5.41) is 3.27. The van der Waals surface area contributed by atoms with E-state index in [1.54, 1.807) is 11.3 Å². The lowest BCUT2D eigenvalue weighted by Gasteiger charge is -2.27. The minimum atomic E-state index is 0.0698. The lowest BCUT2D eigenvalue weighted by molar-refractivity contribution is -0.126. The first-order chi connectivity index (χ1) is 12.1. The molecular formula is C20H30N2O2S. The van der Waals surface area contributed by atoms with Gasteiger partial charge in [0.1, 0.15) is 0 Å². The molecule has 0 bridgehead atoms. The highest BCUT2D eigenvalue weighted by molar-refractivity contribution is 7.14. The smallest absolute Gasteiger partial charge is 0.263 e. The molecule has 1 aromatic rings. The summed E-state index contributed by atoms with van der Waals surface area (Å²) in [6.07, 6.45) is 8.66. The van der Waals surface area contributed by atoms with Crippen molar-refractivity contribution in [2.75, 3.05) is 13.1 Å². The van der Waals surface area contributed by atoms with Gasteiger partial charge in [-0.3, -0.25) is 9.59 Å². The normalized spacial score (nSPS) is 20.8. The molecule has 0 unspecified atom stereocenters. The van der Waals surface area contributed by atoms with Gasteiger partial charge in [-0.1, -0.05) is 19.3 Å². The number of hydrogen-bond acceptors (Lipinski definition) is 3. The van der Waals surface area contributed by atoms with Crippen LogP contribution in [0.1, 0.15) is 72.5 Å². The van der Waals surface area contributed by atoms with E-state index in [0.717, 1.165) is 50.1 Å². The van der Waals surface area contributed by atoms with Crippen LogP contribution >= 0.6 is 11.3 Å². The monoisotopic (exact) mass is 362 g/mol. The molecule has 0 aromatic carbocycles. The molecule has 3 rings (SSSR count). The number of amides is 2. The minimum absolute atomic E-state index is 0.0698. The molecule has 5 heteroatoms. The quantitative estimate of drug-likeness (QED) is 0.866. The molecule has 0 aliphatic heterocycles. The highest BCUT2D eigenvalue weighted by Gasteiger charge is 2.29. The van der Waals surface area contributed by atoms with Crippen LogP contribution < -0.4 is 5.32 Å². The van der Waals surface area contributed by atoms with Gasteiger partial charge in [0.25, 0.3) is 5.91 Å². The van der Waals surface area contributed by atoms with Crippen LogP contribution in [-0.2, 0) is 17.6 Å². The third-order valence-electron chi connectivity index (χ3n) is 5.67. The molecule has 2 amide bonds. The Labute approximate surface area is 155 Å². The minimum Gasteiger partial charge on any atom is -0.353 e. The fourth-order valence-electron chi connectivity index (χ4n) is 4.09. The van der Waals surface area contributed by atoms with Crippen molar-refractivity contribution in [3.8, 4) is 0 Å². The lowest BCUT2D eigenvalue weighted by atomic mass is 9.87. The van der Waals surface area contributed by atoms with Crippen LogP contribution in [0, 0.1) is 5.92 Å². The molecule has 1 fully saturated rings. The van der Waals surface area contributed by atoms with Gasteiger partial charge in [-0.15, -0.1) is 11.3 Å². The van der Waals surface area contributed by atoms with Gasteiger partial charge >= 0.3 is 0 Å². The van der Waals surface area contributed by atoms with Gasteiger partial charge in [0.15, 0.2) is 0 Å². The summed E-state index contributed by atoms with van der Waals surface area (Å²) in [7, 11) is 0. The van der Waals surface area contributed by atoms with Crippen molar-refractivity contribution < 1.29 is 9.59 Å². The van der Waals surface area contributed by atoms with Gasteiger partial charge in [0, 0.05) is 29.9 Å². The van der Waals surface area contributed by atoms with E-state index < -0.39 is 0 Å². The van der Waals surface area contributed by atoms with Crippen LogP contribution in [-0.4, -0.2) is 35.8 Å². The second-order valence-electron chi connectivity index (χ2n) is 7.32. The average Bonchev–Trinajstić information content (AvgIpc) is 3.06. The van der Waals surface area contributed by atoms with Crippen molar-refractivity contribution in [3.63, 3.8) is 0 Å². The van der Waals surface area contributed by atoms with Crippen LogP contribution in [0.3, 0.4) is 0 Å². The molecule has 25 heavy (non-hydrogen) atoms. The molecule has 1 aromatic heterocycles. The standard InChI is InChI=1S/C20H30N2O2S/c1-3-22(4-2)20(24)18-13-15-12-14(10-11-17(15)25-18)19(23)21-16-8-6-5-7-9-16/h13-14,16H,3-12H2,1-2H3,(H,21,23)/t14-/m1/s1. The Morgan fingerprint density at radius 2 is 1.88 bits per heavy atom. The molecule has 138 valence electrons. The molecule has 2 aliphatic rings. The maximum atomic E-state index is 12.6. The van der Waals surface area contributed by atoms with Gasteiger partial charge in [0.2, 0.25) is 5.91 Å². The van der Waals surface area contributed by atoms with Crippen molar-refractivity contribution >= 4 is 23.2 Å². The second-order valence-corrected chi connectivity index (χ2v) is 8.46. The molecular weight excluding hydrogens is 332 g/mol. The first kappa shape index (κ1) is 18.4. The third kappa shape index (κ3) is 4.25. The number of rotatable bonds is 5. The van der Waals surface area contributed by atoms with Crippen molar-refractivity contribution in [2.24, 2.45) is 5.92 Å². The van der Waals surface area contributed by atoms with Crippen LogP contribution in [0.25, 0.3) is 0 Å². The fourth-order valence-corrected chi connectivity index (χ4v) is 5.26. The molecule has 0 radical (unpaired) electrons. The summed E-state index contributed by atoms with van der Waals surface area (Å²) in [6.45, 7) is 5.51. The molecule has 1 saturated carbocycles. The summed E-state index contributed by atoms with van der Waals surface area (Å²) in [5.74, 6) is 0.424. The highest BCUT2D eigenvalue weighted by atomic mass is 32.1. The number of hydrogen-bond donors (Lipinski definition) is 1. The Kier molecular flexibility index (Phi) is 6.15. The Morgan fingerprint density at radius 1 is 1.16 bits per heavy atom. The Morgan fingerprint density at radius 3 is 2.56 bits per heavy atom. The first-order valence-corrected chi connectivity index (χ1v) is 10.6. The predicted molar refractivity (Wildman–Crippen MR) is 102 cm³/mol. The van der Waals surface area contributed by atoms with Crippen LogP contribution in [0.4, 0.5) is 0 Å². The highest BCUT2D eigenvalue weighted by Crippen LogP contribution is 2.33. The van der Waals surface area contributed by atoms with E-state index in [0.29, 0.717) is 6.04 Å². The summed E-state index contributed by atoms with van der Waals surface area (Å²) >= 11 is 1.63. The Bertz CT molecular complexity index is 615. The lowest BCUT2D eigenvalue weighted by Crippen LogP contribution is -2.41. The number of fused-ring (bicyclic) bond motifs is 1. The van der Waals surface area contributed by atoms with Crippen molar-refractivity contribution in [3.05, 3.63) is 21.4 Å². The molecule has 1 N–H and O–H groups in total. The van der Waals surface area contributed by atoms with Gasteiger partial charge in [-0.25, -0.2) is 0 Å². The average molecular weight is 363 g/mol. The van der Waals surface area contributed by atoms with Crippen molar-refractivity contribution in [1.82, 2.24) is 10.2 Å². The SMILES string of the molecule is CCN(CC)C(=O)c1cc2c(s1)CC[C@@H](C(=O)NC1CCCCC1)C2. The third-order valence-corrected chi connectivity index (χ3v) is 6.89. The molecule has 0 saturated heterocycles. The number of nitrogens with one attached hydrogen (secondary N) is 1. The molecule has 1 heterocycles. The van der Waals surface area contributed by atoms with Crippen LogP contribution in [0.2, 0.25) is 0 Å². The van der Waals surface area contributed by atoms with Crippen LogP contribution in [0.5, 0.6) is 0 Å². The summed E-state index contributed by atoms with van der Waals surface area (Å²) in [4.78, 5) is 29.2. The number of aryl methyl sites for hydroxylation is 1. The van der Waals surface area contributed by atoms with E-state index in [9.17, 15) is 9.59 Å². The maximum absolute atomic E-state index is 12.6. The van der Waals surface area contributed by atoms with Gasteiger partial charge < -0.3 is 10.2 Å². The first-order valence-electron chi connectivity index (χ1n) is 9.83. The summed E-state index contributed by atoms with van der Waals surface area (Å²) in [5.41, 5.74) is 1.22. The number of thiophene rings is 1. The zero-order chi connectivity index (χ0) is 17.8. The number of nitrogens with zero attached hydrogens (tertiary/aromatic N) is 1. The molecule has 1 atom stereocenters. The van der Waals surface area contributed by atoms with Crippen LogP contribution in [0.15, 0.2) is 6.07 Å². The second kappa shape index (κ2) is 8.35. The van der Waals surface area contributed by atoms with E-state index >= 15 is 0 Å². The zero-order valence-electron chi connectivity index (χ0n) is 15.5. The van der Waals surface area contributed by atoms with Gasteiger partial charge in [-0.05, 0) is 57.6 Å². The Balaban J connectivity index is 1.63. The molecule has 0 spiro atoms. The van der Waals surface area contributed by atoms with E-state index in [-0.39, 0.29) is 17.7 Å². The Hall–Kier alpha value is -1.36. The van der Waals surface area contributed by atoms with Crippen molar-refractivity contribution in [2.45, 2.75) is 71.3 Å². The topological polar surface area (TPSA) is 49.4 Å². The largest absolute Gasteiger partial charge is 0.353 e. The van der Waals surface area contributed by atoms with Crippen molar-refractivity contribution in [1.29, 1.82) is 0 Å². The number of carbonyl (C=O) groups excluding carboxylic acids is 2. The van der Waals surface area contributed by atoms with E-state index in [4.69, 9.17) is 0 Å². The molecule has 2 aliphatic carbocycles. The van der Waals surface area contributed by atoms with E-state index in [1.165, 1.54) is 29.7 Å². The maximum Gasteiger partial charge on any atom is 0.263 e. The summed E-state index contributed by atoms with van der Waals surface area (Å²) in [6, 6.07) is 2.42. The van der Waals surface area contributed by atoms with E-state index in [2.05, 4.69) is 5.32 Å². The van der Waals surface area contributed by atoms with E-state index in [1.807, 2.05) is 24.8 Å².